The zero-order valence-electron chi connectivity index (χ0n) is 9.76. The second kappa shape index (κ2) is 3.80. The van der Waals surface area contributed by atoms with Gasteiger partial charge in [-0.05, 0) is 25.0 Å². The first-order valence-corrected chi connectivity index (χ1v) is 5.78. The first-order valence-electron chi connectivity index (χ1n) is 5.78. The fraction of sp³-hybridized carbons (Fsp3) is 0.308. The van der Waals surface area contributed by atoms with Gasteiger partial charge in [-0.15, -0.1) is 0 Å². The molecule has 0 atom stereocenters. The summed E-state index contributed by atoms with van der Waals surface area (Å²) in [4.78, 5) is 0. The van der Waals surface area contributed by atoms with E-state index in [1.165, 1.54) is 12.8 Å². The maximum absolute atomic E-state index is 6.01. The molecular formula is C13H15N3O. The molecule has 0 spiro atoms. The highest BCUT2D eigenvalue weighted by molar-refractivity contribution is 5.51. The van der Waals surface area contributed by atoms with Gasteiger partial charge in [0.2, 0.25) is 0 Å². The Morgan fingerprint density at radius 3 is 2.82 bits per heavy atom. The molecule has 0 aliphatic heterocycles. The molecular weight excluding hydrogens is 214 g/mol. The van der Waals surface area contributed by atoms with Gasteiger partial charge in [-0.25, -0.2) is 4.68 Å². The van der Waals surface area contributed by atoms with E-state index in [9.17, 15) is 0 Å². The number of anilines is 1. The van der Waals surface area contributed by atoms with Gasteiger partial charge < -0.3 is 10.5 Å². The van der Waals surface area contributed by atoms with Crippen molar-refractivity contribution in [2.75, 3.05) is 12.8 Å². The van der Waals surface area contributed by atoms with Crippen molar-refractivity contribution in [2.45, 2.75) is 18.8 Å². The zero-order chi connectivity index (χ0) is 11.8. The third kappa shape index (κ3) is 1.75. The van der Waals surface area contributed by atoms with Gasteiger partial charge in [0.25, 0.3) is 0 Å². The zero-order valence-corrected chi connectivity index (χ0v) is 9.76. The van der Waals surface area contributed by atoms with Crippen LogP contribution in [0.4, 0.5) is 5.82 Å². The van der Waals surface area contributed by atoms with E-state index in [0.717, 1.165) is 17.1 Å². The quantitative estimate of drug-likeness (QED) is 0.878. The van der Waals surface area contributed by atoms with Crippen LogP contribution in [0, 0.1) is 0 Å². The van der Waals surface area contributed by atoms with Crippen LogP contribution >= 0.6 is 0 Å². The minimum Gasteiger partial charge on any atom is -0.494 e. The van der Waals surface area contributed by atoms with Crippen LogP contribution in [0.2, 0.25) is 0 Å². The molecule has 0 amide bonds. The Labute approximate surface area is 100 Å². The summed E-state index contributed by atoms with van der Waals surface area (Å²) in [6.45, 7) is 0. The normalized spacial score (nSPS) is 14.9. The van der Waals surface area contributed by atoms with E-state index in [1.54, 1.807) is 11.8 Å². The maximum atomic E-state index is 6.01. The second-order valence-corrected chi connectivity index (χ2v) is 4.35. The van der Waals surface area contributed by atoms with E-state index in [-0.39, 0.29) is 0 Å². The molecule has 2 N–H and O–H groups in total. The highest BCUT2D eigenvalue weighted by Gasteiger charge is 2.27. The minimum absolute atomic E-state index is 0.605. The lowest BCUT2D eigenvalue weighted by molar-refractivity contribution is 0.412. The lowest BCUT2D eigenvalue weighted by Crippen LogP contribution is -2.03. The largest absolute Gasteiger partial charge is 0.494 e. The van der Waals surface area contributed by atoms with Crippen molar-refractivity contribution in [3.8, 4) is 11.4 Å². The van der Waals surface area contributed by atoms with Gasteiger partial charge in [-0.1, -0.05) is 12.1 Å². The average Bonchev–Trinajstić information content (AvgIpc) is 3.13. The highest BCUT2D eigenvalue weighted by Crippen LogP contribution is 2.40. The monoisotopic (exact) mass is 229 g/mol. The van der Waals surface area contributed by atoms with Crippen LogP contribution in [0.3, 0.4) is 0 Å². The fourth-order valence-electron chi connectivity index (χ4n) is 1.99. The van der Waals surface area contributed by atoms with Crippen LogP contribution in [0.5, 0.6) is 5.75 Å². The van der Waals surface area contributed by atoms with E-state index in [0.29, 0.717) is 11.7 Å². The minimum atomic E-state index is 0.605. The van der Waals surface area contributed by atoms with Gasteiger partial charge in [0.1, 0.15) is 17.3 Å². The van der Waals surface area contributed by atoms with Crippen molar-refractivity contribution in [3.63, 3.8) is 0 Å². The van der Waals surface area contributed by atoms with E-state index < -0.39 is 0 Å². The first kappa shape index (κ1) is 10.2. The smallest absolute Gasteiger partial charge is 0.144 e. The highest BCUT2D eigenvalue weighted by atomic mass is 16.5. The number of methoxy groups -OCH3 is 1. The average molecular weight is 229 g/mol. The summed E-state index contributed by atoms with van der Waals surface area (Å²) in [6, 6.07) is 9.72. The van der Waals surface area contributed by atoms with Gasteiger partial charge in [-0.2, -0.15) is 5.10 Å². The molecule has 2 aromatic rings. The third-order valence-electron chi connectivity index (χ3n) is 3.06. The van der Waals surface area contributed by atoms with Crippen molar-refractivity contribution in [3.05, 3.63) is 36.0 Å². The molecule has 0 unspecified atom stereocenters. The number of hydrogen-bond donors (Lipinski definition) is 1. The summed E-state index contributed by atoms with van der Waals surface area (Å²) in [7, 11) is 1.65. The van der Waals surface area contributed by atoms with Crippen LogP contribution in [0.15, 0.2) is 30.3 Å². The molecule has 1 aliphatic carbocycles. The van der Waals surface area contributed by atoms with E-state index in [4.69, 9.17) is 10.5 Å². The molecule has 3 rings (SSSR count). The van der Waals surface area contributed by atoms with Crippen LogP contribution in [0.25, 0.3) is 5.69 Å². The Kier molecular flexibility index (Phi) is 2.28. The van der Waals surface area contributed by atoms with E-state index in [2.05, 4.69) is 5.10 Å². The Morgan fingerprint density at radius 1 is 1.35 bits per heavy atom. The van der Waals surface area contributed by atoms with Crippen LogP contribution in [-0.2, 0) is 0 Å². The molecule has 1 aromatic carbocycles. The Balaban J connectivity index is 2.07. The predicted molar refractivity (Wildman–Crippen MR) is 66.5 cm³/mol. The van der Waals surface area contributed by atoms with Gasteiger partial charge >= 0.3 is 0 Å². The summed E-state index contributed by atoms with van der Waals surface area (Å²) >= 11 is 0. The topological polar surface area (TPSA) is 53.1 Å². The molecule has 1 aromatic heterocycles. The predicted octanol–water partition coefficient (Wildman–Crippen LogP) is 2.34. The molecule has 1 heterocycles. The number of hydrogen-bond acceptors (Lipinski definition) is 3. The van der Waals surface area contributed by atoms with Gasteiger partial charge in [0.15, 0.2) is 0 Å². The summed E-state index contributed by atoms with van der Waals surface area (Å²) in [5.41, 5.74) is 7.99. The van der Waals surface area contributed by atoms with E-state index >= 15 is 0 Å². The Bertz CT molecular complexity index is 543. The Hall–Kier alpha value is -1.97. The number of nitrogens with two attached hydrogens (primary N) is 1. The molecule has 1 aliphatic rings. The molecule has 0 saturated heterocycles. The lowest BCUT2D eigenvalue weighted by atomic mass is 10.3. The number of rotatable bonds is 3. The van der Waals surface area contributed by atoms with Crippen LogP contribution in [0.1, 0.15) is 24.5 Å². The maximum Gasteiger partial charge on any atom is 0.144 e. The summed E-state index contributed by atoms with van der Waals surface area (Å²) in [5, 5.41) is 4.56. The molecule has 17 heavy (non-hydrogen) atoms. The van der Waals surface area contributed by atoms with Crippen LogP contribution in [-0.4, -0.2) is 16.9 Å². The number of nitrogens with zero attached hydrogens (tertiary/aromatic N) is 2. The molecule has 4 heteroatoms. The lowest BCUT2D eigenvalue weighted by Gasteiger charge is -2.09. The molecule has 1 fully saturated rings. The number of aromatic nitrogens is 2. The molecule has 4 nitrogen and oxygen atoms in total. The molecule has 88 valence electrons. The van der Waals surface area contributed by atoms with Gasteiger partial charge in [0.05, 0.1) is 12.8 Å². The summed E-state index contributed by atoms with van der Waals surface area (Å²) in [5.74, 6) is 2.05. The number of benzene rings is 1. The summed E-state index contributed by atoms with van der Waals surface area (Å²) in [6.07, 6.45) is 2.45. The van der Waals surface area contributed by atoms with Crippen molar-refractivity contribution < 1.29 is 4.74 Å². The molecule has 0 bridgehead atoms. The Morgan fingerprint density at radius 2 is 2.12 bits per heavy atom. The standard InChI is InChI=1S/C13H15N3O/c1-17-12-5-3-2-4-11(12)16-13(14)8-10(15-16)9-6-7-9/h2-5,8-9H,6-7,14H2,1H3. The second-order valence-electron chi connectivity index (χ2n) is 4.35. The van der Waals surface area contributed by atoms with Gasteiger partial charge in [0, 0.05) is 12.0 Å². The summed E-state index contributed by atoms with van der Waals surface area (Å²) < 4.78 is 7.08. The number of nitrogen functional groups attached to an aromatic ring is 1. The molecule has 0 radical (unpaired) electrons. The molecule has 1 saturated carbocycles. The van der Waals surface area contributed by atoms with Crippen molar-refractivity contribution in [1.29, 1.82) is 0 Å². The van der Waals surface area contributed by atoms with Gasteiger partial charge in [-0.3, -0.25) is 0 Å². The van der Waals surface area contributed by atoms with Crippen molar-refractivity contribution in [2.24, 2.45) is 0 Å². The third-order valence-corrected chi connectivity index (χ3v) is 3.06. The van der Waals surface area contributed by atoms with Crippen molar-refractivity contribution in [1.82, 2.24) is 9.78 Å². The van der Waals surface area contributed by atoms with Crippen molar-refractivity contribution >= 4 is 5.82 Å². The number of para-hydroxylation sites is 2. The van der Waals surface area contributed by atoms with Crippen LogP contribution < -0.4 is 10.5 Å². The fourth-order valence-corrected chi connectivity index (χ4v) is 1.99. The number of ether oxygens (including phenoxy) is 1. The van der Waals surface area contributed by atoms with E-state index in [1.807, 2.05) is 30.3 Å². The first-order chi connectivity index (χ1) is 8.29. The SMILES string of the molecule is COc1ccccc1-n1nc(C2CC2)cc1N.